The highest BCUT2D eigenvalue weighted by Crippen LogP contribution is 2.15. The van der Waals surface area contributed by atoms with E-state index in [-0.39, 0.29) is 31.1 Å². The summed E-state index contributed by atoms with van der Waals surface area (Å²) in [5, 5.41) is 0. The standard InChI is InChI=1S/C60H102O6/c1-4-7-10-13-16-18-19-20-21-22-23-24-25-26-27-28-29-30-31-32-33-34-35-36-37-38-39-40-41-42-45-47-50-53-59(62)65-56-57(55-64-58(61)52-49-46-43-15-12-9-6-3)66-60(63)54-51-48-44-17-14-11-8-5-2/h7,10,16,18,20-21,23-24,26-27,29-30,32-33,57H,4-6,8-9,11-15,17,19,22,25,28,31,34-56H2,1-3H3/b10-7-,18-16-,21-20-,24-23-,27-26-,30-29-,33-32-. The first-order chi connectivity index (χ1) is 32.5. The van der Waals surface area contributed by atoms with Gasteiger partial charge in [-0.15, -0.1) is 0 Å². The first-order valence-electron chi connectivity index (χ1n) is 27.6. The second-order valence-corrected chi connectivity index (χ2v) is 18.1. The van der Waals surface area contributed by atoms with Gasteiger partial charge in [0.05, 0.1) is 0 Å². The van der Waals surface area contributed by atoms with Crippen molar-refractivity contribution in [1.29, 1.82) is 0 Å². The molecule has 0 heterocycles. The molecule has 0 N–H and O–H groups in total. The summed E-state index contributed by atoms with van der Waals surface area (Å²) in [6, 6.07) is 0. The van der Waals surface area contributed by atoms with Gasteiger partial charge in [-0.3, -0.25) is 14.4 Å². The van der Waals surface area contributed by atoms with E-state index in [0.717, 1.165) is 103 Å². The molecule has 0 fully saturated rings. The number of rotatable bonds is 49. The fourth-order valence-corrected chi connectivity index (χ4v) is 7.54. The van der Waals surface area contributed by atoms with Crippen LogP contribution in [0, 0.1) is 0 Å². The Labute approximate surface area is 407 Å². The maximum atomic E-state index is 12.6. The van der Waals surface area contributed by atoms with E-state index in [9.17, 15) is 14.4 Å². The molecule has 0 spiro atoms. The Morgan fingerprint density at radius 1 is 0.318 bits per heavy atom. The number of allylic oxidation sites excluding steroid dienone is 14. The number of unbranched alkanes of at least 4 members (excludes halogenated alkanes) is 24. The fourth-order valence-electron chi connectivity index (χ4n) is 7.54. The van der Waals surface area contributed by atoms with Crippen molar-refractivity contribution < 1.29 is 28.6 Å². The van der Waals surface area contributed by atoms with E-state index < -0.39 is 6.10 Å². The van der Waals surface area contributed by atoms with Gasteiger partial charge in [-0.1, -0.05) is 247 Å². The van der Waals surface area contributed by atoms with Gasteiger partial charge in [-0.2, -0.15) is 0 Å². The highest BCUT2D eigenvalue weighted by atomic mass is 16.6. The highest BCUT2D eigenvalue weighted by Gasteiger charge is 2.19. The summed E-state index contributed by atoms with van der Waals surface area (Å²) in [6.45, 7) is 6.45. The maximum absolute atomic E-state index is 12.6. The van der Waals surface area contributed by atoms with Crippen molar-refractivity contribution in [2.75, 3.05) is 13.2 Å². The average Bonchev–Trinajstić information content (AvgIpc) is 3.31. The number of ether oxygens (including phenoxy) is 3. The SMILES string of the molecule is CC/C=C\C/C=C\C/C=C\C/C=C\C/C=C\C/C=C\C/C=C\CCCCCCCCCCCCCC(=O)OCC(COC(=O)CCCCCCCCC)OC(=O)CCCCCCCCCC. The molecule has 0 aromatic heterocycles. The summed E-state index contributed by atoms with van der Waals surface area (Å²) in [7, 11) is 0. The third kappa shape index (κ3) is 51.6. The van der Waals surface area contributed by atoms with Gasteiger partial charge in [-0.25, -0.2) is 0 Å². The van der Waals surface area contributed by atoms with Crippen LogP contribution in [0.2, 0.25) is 0 Å². The van der Waals surface area contributed by atoms with Crippen molar-refractivity contribution in [3.8, 4) is 0 Å². The normalized spacial score (nSPS) is 12.7. The molecule has 0 aliphatic rings. The third-order valence-electron chi connectivity index (χ3n) is 11.7. The van der Waals surface area contributed by atoms with E-state index >= 15 is 0 Å². The molecular formula is C60H102O6. The average molecular weight is 919 g/mol. The largest absolute Gasteiger partial charge is 0.462 e. The molecule has 0 aliphatic heterocycles. The summed E-state index contributed by atoms with van der Waals surface area (Å²) < 4.78 is 16.7. The first-order valence-corrected chi connectivity index (χ1v) is 27.6. The maximum Gasteiger partial charge on any atom is 0.306 e. The second kappa shape index (κ2) is 54.2. The Morgan fingerprint density at radius 2 is 0.591 bits per heavy atom. The van der Waals surface area contributed by atoms with Crippen LogP contribution in [0.15, 0.2) is 85.1 Å². The minimum Gasteiger partial charge on any atom is -0.462 e. The predicted molar refractivity (Wildman–Crippen MR) is 284 cm³/mol. The molecule has 1 unspecified atom stereocenters. The topological polar surface area (TPSA) is 78.9 Å². The van der Waals surface area contributed by atoms with Crippen LogP contribution in [0.25, 0.3) is 0 Å². The van der Waals surface area contributed by atoms with E-state index in [4.69, 9.17) is 14.2 Å². The van der Waals surface area contributed by atoms with Gasteiger partial charge in [-0.05, 0) is 77.0 Å². The zero-order chi connectivity index (χ0) is 47.9. The summed E-state index contributed by atoms with van der Waals surface area (Å²) >= 11 is 0. The van der Waals surface area contributed by atoms with Crippen LogP contribution >= 0.6 is 0 Å². The van der Waals surface area contributed by atoms with Crippen LogP contribution in [-0.4, -0.2) is 37.2 Å². The molecule has 378 valence electrons. The summed E-state index contributed by atoms with van der Waals surface area (Å²) in [5.41, 5.74) is 0. The Bertz CT molecular complexity index is 1290. The van der Waals surface area contributed by atoms with Crippen LogP contribution < -0.4 is 0 Å². The molecule has 0 saturated carbocycles. The molecule has 0 aromatic carbocycles. The van der Waals surface area contributed by atoms with E-state index in [2.05, 4.69) is 106 Å². The second-order valence-electron chi connectivity index (χ2n) is 18.1. The fraction of sp³-hybridized carbons (Fsp3) is 0.717. The van der Waals surface area contributed by atoms with Crippen LogP contribution in [0.4, 0.5) is 0 Å². The zero-order valence-corrected chi connectivity index (χ0v) is 43.2. The van der Waals surface area contributed by atoms with Crippen molar-refractivity contribution in [3.63, 3.8) is 0 Å². The van der Waals surface area contributed by atoms with E-state index in [1.54, 1.807) is 0 Å². The monoisotopic (exact) mass is 919 g/mol. The zero-order valence-electron chi connectivity index (χ0n) is 43.2. The highest BCUT2D eigenvalue weighted by molar-refractivity contribution is 5.71. The summed E-state index contributed by atoms with van der Waals surface area (Å²) in [4.78, 5) is 37.6. The number of hydrogen-bond donors (Lipinski definition) is 0. The Hall–Kier alpha value is -3.41. The lowest BCUT2D eigenvalue weighted by atomic mass is 10.0. The van der Waals surface area contributed by atoms with Crippen molar-refractivity contribution in [1.82, 2.24) is 0 Å². The van der Waals surface area contributed by atoms with Crippen molar-refractivity contribution in [2.45, 2.75) is 264 Å². The molecule has 0 bridgehead atoms. The molecule has 0 radical (unpaired) electrons. The van der Waals surface area contributed by atoms with Gasteiger partial charge >= 0.3 is 17.9 Å². The summed E-state index contributed by atoms with van der Waals surface area (Å²) in [6.07, 6.45) is 70.5. The molecule has 66 heavy (non-hydrogen) atoms. The number of hydrogen-bond acceptors (Lipinski definition) is 6. The molecular weight excluding hydrogens is 817 g/mol. The Balaban J connectivity index is 3.98. The smallest absolute Gasteiger partial charge is 0.306 e. The van der Waals surface area contributed by atoms with Crippen LogP contribution in [0.5, 0.6) is 0 Å². The lowest BCUT2D eigenvalue weighted by molar-refractivity contribution is -0.167. The van der Waals surface area contributed by atoms with Crippen LogP contribution in [-0.2, 0) is 28.6 Å². The van der Waals surface area contributed by atoms with Gasteiger partial charge in [0.15, 0.2) is 6.10 Å². The van der Waals surface area contributed by atoms with E-state index in [1.165, 1.54) is 116 Å². The first kappa shape index (κ1) is 62.6. The summed E-state index contributed by atoms with van der Waals surface area (Å²) in [5.74, 6) is -0.887. The minimum atomic E-state index is -0.769. The quantitative estimate of drug-likeness (QED) is 0.0262. The van der Waals surface area contributed by atoms with Gasteiger partial charge in [0, 0.05) is 19.3 Å². The van der Waals surface area contributed by atoms with Gasteiger partial charge in [0.1, 0.15) is 13.2 Å². The third-order valence-corrected chi connectivity index (χ3v) is 11.7. The van der Waals surface area contributed by atoms with E-state index in [1.807, 2.05) is 0 Å². The van der Waals surface area contributed by atoms with Gasteiger partial charge in [0.25, 0.3) is 0 Å². The van der Waals surface area contributed by atoms with Crippen molar-refractivity contribution in [3.05, 3.63) is 85.1 Å². The number of carbonyl (C=O) groups excluding carboxylic acids is 3. The molecule has 0 saturated heterocycles. The molecule has 0 aromatic rings. The molecule has 6 heteroatoms. The van der Waals surface area contributed by atoms with Crippen molar-refractivity contribution in [2.24, 2.45) is 0 Å². The number of carbonyl (C=O) groups is 3. The molecule has 0 aliphatic carbocycles. The minimum absolute atomic E-state index is 0.0740. The lowest BCUT2D eigenvalue weighted by Crippen LogP contribution is -2.30. The lowest BCUT2D eigenvalue weighted by Gasteiger charge is -2.18. The Kier molecular flexibility index (Phi) is 51.4. The van der Waals surface area contributed by atoms with E-state index in [0.29, 0.717) is 19.3 Å². The number of esters is 3. The van der Waals surface area contributed by atoms with Gasteiger partial charge in [0.2, 0.25) is 0 Å². The molecule has 0 amide bonds. The molecule has 0 rings (SSSR count). The van der Waals surface area contributed by atoms with Crippen molar-refractivity contribution >= 4 is 17.9 Å². The molecule has 6 nitrogen and oxygen atoms in total. The molecule has 1 atom stereocenters. The predicted octanol–water partition coefficient (Wildman–Crippen LogP) is 18.4. The van der Waals surface area contributed by atoms with Crippen LogP contribution in [0.3, 0.4) is 0 Å². The Morgan fingerprint density at radius 3 is 0.924 bits per heavy atom. The van der Waals surface area contributed by atoms with Crippen LogP contribution in [0.1, 0.15) is 258 Å². The van der Waals surface area contributed by atoms with Gasteiger partial charge < -0.3 is 14.2 Å².